The fourth-order valence-electron chi connectivity index (χ4n) is 0.841. The Morgan fingerprint density at radius 3 is 2.20 bits per heavy atom. The third-order valence-electron chi connectivity index (χ3n) is 2.15. The summed E-state index contributed by atoms with van der Waals surface area (Å²) in [6.45, 7) is 9.16. The van der Waals surface area contributed by atoms with Gasteiger partial charge in [0.25, 0.3) is 0 Å². The van der Waals surface area contributed by atoms with Crippen LogP contribution in [0.4, 0.5) is 0 Å². The van der Waals surface area contributed by atoms with Crippen molar-refractivity contribution < 1.29 is 0 Å². The fraction of sp³-hybridized carbons (Fsp3) is 0.900. The SMILES string of the molecule is CCC[CH]CC(C)(C)CC. The third-order valence-corrected chi connectivity index (χ3v) is 2.15. The van der Waals surface area contributed by atoms with Crippen LogP contribution in [-0.4, -0.2) is 0 Å². The lowest BCUT2D eigenvalue weighted by molar-refractivity contribution is 0.341. The Morgan fingerprint density at radius 2 is 1.80 bits per heavy atom. The summed E-state index contributed by atoms with van der Waals surface area (Å²) in [7, 11) is 0. The normalized spacial score (nSPS) is 12.0. The molecule has 0 unspecified atom stereocenters. The van der Waals surface area contributed by atoms with Gasteiger partial charge in [-0.25, -0.2) is 0 Å². The Hall–Kier alpha value is 0. The quantitative estimate of drug-likeness (QED) is 0.511. The van der Waals surface area contributed by atoms with Gasteiger partial charge in [0.1, 0.15) is 0 Å². The lowest BCUT2D eigenvalue weighted by Gasteiger charge is -2.21. The standard InChI is InChI=1S/C10H21/c1-5-7-8-9-10(3,4)6-2/h8H,5-7,9H2,1-4H3. The molecule has 0 atom stereocenters. The Balaban J connectivity index is 3.28. The summed E-state index contributed by atoms with van der Waals surface area (Å²) in [4.78, 5) is 0. The lowest BCUT2D eigenvalue weighted by Crippen LogP contribution is -2.08. The Bertz CT molecular complexity index is 72.1. The number of hydrogen-bond donors (Lipinski definition) is 0. The maximum atomic E-state index is 2.42. The second-order valence-electron chi connectivity index (χ2n) is 3.80. The highest BCUT2D eigenvalue weighted by molar-refractivity contribution is 4.75. The van der Waals surface area contributed by atoms with Crippen LogP contribution in [0.5, 0.6) is 0 Å². The van der Waals surface area contributed by atoms with Gasteiger partial charge in [-0.1, -0.05) is 47.0 Å². The first kappa shape index (κ1) is 10.0. The van der Waals surface area contributed by atoms with E-state index in [-0.39, 0.29) is 0 Å². The van der Waals surface area contributed by atoms with Crippen molar-refractivity contribution in [2.24, 2.45) is 5.41 Å². The first-order chi connectivity index (χ1) is 4.62. The molecule has 0 aliphatic carbocycles. The average molecular weight is 141 g/mol. The molecule has 0 aromatic carbocycles. The second kappa shape index (κ2) is 4.76. The van der Waals surface area contributed by atoms with Crippen molar-refractivity contribution in [3.8, 4) is 0 Å². The van der Waals surface area contributed by atoms with Crippen LogP contribution in [0.3, 0.4) is 0 Å². The zero-order valence-electron chi connectivity index (χ0n) is 7.91. The van der Waals surface area contributed by atoms with Gasteiger partial charge in [0, 0.05) is 0 Å². The molecule has 0 N–H and O–H groups in total. The molecule has 0 aromatic heterocycles. The van der Waals surface area contributed by atoms with Gasteiger partial charge in [0.15, 0.2) is 0 Å². The number of rotatable bonds is 5. The van der Waals surface area contributed by atoms with Gasteiger partial charge >= 0.3 is 0 Å². The molecule has 0 heterocycles. The van der Waals surface area contributed by atoms with Crippen molar-refractivity contribution in [3.05, 3.63) is 6.42 Å². The van der Waals surface area contributed by atoms with Crippen molar-refractivity contribution in [1.82, 2.24) is 0 Å². The molecular formula is C10H21. The minimum absolute atomic E-state index is 0.537. The first-order valence-corrected chi connectivity index (χ1v) is 4.44. The van der Waals surface area contributed by atoms with Crippen molar-refractivity contribution in [1.29, 1.82) is 0 Å². The summed E-state index contributed by atoms with van der Waals surface area (Å²) >= 11 is 0. The van der Waals surface area contributed by atoms with Crippen molar-refractivity contribution in [2.45, 2.75) is 53.4 Å². The van der Waals surface area contributed by atoms with E-state index in [1.807, 2.05) is 0 Å². The second-order valence-corrected chi connectivity index (χ2v) is 3.80. The molecule has 0 saturated carbocycles. The van der Waals surface area contributed by atoms with E-state index < -0.39 is 0 Å². The van der Waals surface area contributed by atoms with Crippen LogP contribution in [0.2, 0.25) is 0 Å². The molecule has 0 aromatic rings. The zero-order chi connectivity index (χ0) is 8.04. The summed E-state index contributed by atoms with van der Waals surface area (Å²) in [5, 5.41) is 0. The molecule has 0 heteroatoms. The maximum absolute atomic E-state index is 2.42. The molecule has 0 saturated heterocycles. The molecule has 10 heavy (non-hydrogen) atoms. The van der Waals surface area contributed by atoms with Gasteiger partial charge in [-0.05, 0) is 18.3 Å². The smallest absolute Gasteiger partial charge is 0.0354 e. The number of unbranched alkanes of at least 4 members (excludes halogenated alkanes) is 2. The van der Waals surface area contributed by atoms with Crippen molar-refractivity contribution in [2.75, 3.05) is 0 Å². The van der Waals surface area contributed by atoms with Gasteiger partial charge in [0.05, 0.1) is 0 Å². The van der Waals surface area contributed by atoms with Gasteiger partial charge in [-0.15, -0.1) is 0 Å². The van der Waals surface area contributed by atoms with Crippen LogP contribution < -0.4 is 0 Å². The van der Waals surface area contributed by atoms with E-state index in [4.69, 9.17) is 0 Å². The van der Waals surface area contributed by atoms with Crippen molar-refractivity contribution >= 4 is 0 Å². The highest BCUT2D eigenvalue weighted by atomic mass is 14.2. The van der Waals surface area contributed by atoms with E-state index >= 15 is 0 Å². The minimum Gasteiger partial charge on any atom is -0.0654 e. The third kappa shape index (κ3) is 4.84. The lowest BCUT2D eigenvalue weighted by atomic mass is 9.84. The molecule has 0 bridgehead atoms. The summed E-state index contributed by atoms with van der Waals surface area (Å²) < 4.78 is 0. The predicted molar refractivity (Wildman–Crippen MR) is 47.9 cm³/mol. The Morgan fingerprint density at radius 1 is 1.20 bits per heavy atom. The highest BCUT2D eigenvalue weighted by Gasteiger charge is 2.13. The van der Waals surface area contributed by atoms with E-state index in [1.54, 1.807) is 0 Å². The number of hydrogen-bond acceptors (Lipinski definition) is 0. The van der Waals surface area contributed by atoms with Crippen LogP contribution in [0.25, 0.3) is 0 Å². The monoisotopic (exact) mass is 141 g/mol. The molecule has 1 radical (unpaired) electrons. The summed E-state index contributed by atoms with van der Waals surface area (Å²) in [5.41, 5.74) is 0.537. The van der Waals surface area contributed by atoms with Crippen LogP contribution >= 0.6 is 0 Å². The topological polar surface area (TPSA) is 0 Å². The zero-order valence-corrected chi connectivity index (χ0v) is 7.91. The molecule has 0 nitrogen and oxygen atoms in total. The maximum Gasteiger partial charge on any atom is -0.0354 e. The molecule has 0 aliphatic heterocycles. The predicted octanol–water partition coefficient (Wildman–Crippen LogP) is 3.82. The van der Waals surface area contributed by atoms with Gasteiger partial charge in [-0.2, -0.15) is 0 Å². The molecule has 0 aliphatic rings. The molecule has 0 amide bonds. The van der Waals surface area contributed by atoms with Crippen LogP contribution in [0, 0.1) is 11.8 Å². The van der Waals surface area contributed by atoms with Gasteiger partial charge < -0.3 is 0 Å². The molecule has 0 fully saturated rings. The highest BCUT2D eigenvalue weighted by Crippen LogP contribution is 2.26. The summed E-state index contributed by atoms with van der Waals surface area (Å²) in [5.74, 6) is 0. The van der Waals surface area contributed by atoms with Gasteiger partial charge in [-0.3, -0.25) is 0 Å². The van der Waals surface area contributed by atoms with E-state index in [9.17, 15) is 0 Å². The molecule has 0 spiro atoms. The fourth-order valence-corrected chi connectivity index (χ4v) is 0.841. The van der Waals surface area contributed by atoms with E-state index in [1.165, 1.54) is 25.7 Å². The van der Waals surface area contributed by atoms with E-state index in [0.717, 1.165) is 0 Å². The van der Waals surface area contributed by atoms with E-state index in [0.29, 0.717) is 5.41 Å². The summed E-state index contributed by atoms with van der Waals surface area (Å²) in [6, 6.07) is 0. The molecule has 61 valence electrons. The van der Waals surface area contributed by atoms with Gasteiger partial charge in [0.2, 0.25) is 0 Å². The Kier molecular flexibility index (Phi) is 4.76. The summed E-state index contributed by atoms with van der Waals surface area (Å²) in [6.07, 6.45) is 7.55. The van der Waals surface area contributed by atoms with Crippen LogP contribution in [0.1, 0.15) is 53.4 Å². The first-order valence-electron chi connectivity index (χ1n) is 4.44. The molecular weight excluding hydrogens is 120 g/mol. The largest absolute Gasteiger partial charge is 0.0654 e. The molecule has 0 rings (SSSR count). The van der Waals surface area contributed by atoms with Crippen LogP contribution in [0.15, 0.2) is 0 Å². The average Bonchev–Trinajstić information content (AvgIpc) is 1.89. The van der Waals surface area contributed by atoms with Crippen molar-refractivity contribution in [3.63, 3.8) is 0 Å². The van der Waals surface area contributed by atoms with Crippen LogP contribution in [-0.2, 0) is 0 Å². The minimum atomic E-state index is 0.537. The Labute approximate surface area is 66.0 Å². The van der Waals surface area contributed by atoms with E-state index in [2.05, 4.69) is 34.1 Å².